The Morgan fingerprint density at radius 1 is 1.20 bits per heavy atom. The third-order valence-corrected chi connectivity index (χ3v) is 5.93. The highest BCUT2D eigenvalue weighted by Gasteiger charge is 2.56. The topological polar surface area (TPSA) is 79.2 Å². The van der Waals surface area contributed by atoms with Crippen molar-refractivity contribution in [3.8, 4) is 11.5 Å². The molecule has 0 unspecified atom stereocenters. The van der Waals surface area contributed by atoms with Crippen LogP contribution in [0.3, 0.4) is 0 Å². The summed E-state index contributed by atoms with van der Waals surface area (Å²) in [4.78, 5) is 25.4. The Morgan fingerprint density at radius 3 is 2.32 bits per heavy atom. The zero-order chi connectivity index (χ0) is 17.7. The van der Waals surface area contributed by atoms with Crippen LogP contribution in [0.25, 0.3) is 0 Å². The average molecular weight is 405 g/mol. The van der Waals surface area contributed by atoms with Crippen molar-refractivity contribution in [1.29, 1.82) is 0 Å². The number of aromatic hydroxyl groups is 1. The molecule has 2 fully saturated rings. The Kier molecular flexibility index (Phi) is 3.91. The lowest BCUT2D eigenvalue weighted by molar-refractivity contribution is -0.140. The van der Waals surface area contributed by atoms with E-state index in [1.54, 1.807) is 12.1 Å². The summed E-state index contributed by atoms with van der Waals surface area (Å²) in [7, 11) is 1.45. The van der Waals surface area contributed by atoms with Crippen molar-refractivity contribution in [3.05, 3.63) is 34.3 Å². The van der Waals surface area contributed by atoms with Crippen molar-refractivity contribution in [2.24, 2.45) is 28.8 Å². The number of fused-ring (bicyclic) bond motifs is 1. The first-order valence-corrected chi connectivity index (χ1v) is 8.97. The van der Waals surface area contributed by atoms with Crippen molar-refractivity contribution < 1.29 is 19.4 Å². The number of amides is 2. The van der Waals surface area contributed by atoms with E-state index < -0.39 is 0 Å². The third kappa shape index (κ3) is 2.49. The van der Waals surface area contributed by atoms with Gasteiger partial charge in [0.15, 0.2) is 11.5 Å². The van der Waals surface area contributed by atoms with Gasteiger partial charge in [-0.25, -0.2) is 0 Å². The lowest BCUT2D eigenvalue weighted by Crippen LogP contribution is -2.38. The van der Waals surface area contributed by atoms with Crippen molar-refractivity contribution >= 4 is 34.0 Å². The molecular formula is C18H17BrN2O4. The van der Waals surface area contributed by atoms with Gasteiger partial charge in [0.1, 0.15) is 0 Å². The normalized spacial score (nSPS) is 30.4. The minimum absolute atomic E-state index is 0.0124. The van der Waals surface area contributed by atoms with Crippen LogP contribution in [0.15, 0.2) is 33.9 Å². The van der Waals surface area contributed by atoms with E-state index in [-0.39, 0.29) is 47.0 Å². The Bertz CT molecular complexity index is 788. The molecule has 1 saturated carbocycles. The van der Waals surface area contributed by atoms with E-state index in [1.165, 1.54) is 13.3 Å². The third-order valence-electron chi connectivity index (χ3n) is 5.33. The molecular weight excluding hydrogens is 388 g/mol. The summed E-state index contributed by atoms with van der Waals surface area (Å²) in [5, 5.41) is 15.0. The molecule has 3 aliphatic carbocycles. The molecule has 130 valence electrons. The van der Waals surface area contributed by atoms with Gasteiger partial charge in [0.2, 0.25) is 0 Å². The highest BCUT2D eigenvalue weighted by Crippen LogP contribution is 2.49. The van der Waals surface area contributed by atoms with Gasteiger partial charge >= 0.3 is 0 Å². The van der Waals surface area contributed by atoms with Gasteiger partial charge in [-0.2, -0.15) is 10.1 Å². The molecule has 2 amide bonds. The number of phenols is 1. The Morgan fingerprint density at radius 2 is 1.80 bits per heavy atom. The van der Waals surface area contributed by atoms with Crippen molar-refractivity contribution in [1.82, 2.24) is 5.01 Å². The molecule has 0 radical (unpaired) electrons. The molecule has 4 atom stereocenters. The van der Waals surface area contributed by atoms with Crippen molar-refractivity contribution in [2.45, 2.75) is 12.8 Å². The molecule has 2 bridgehead atoms. The van der Waals surface area contributed by atoms with Gasteiger partial charge in [-0.15, -0.1) is 0 Å². The highest BCUT2D eigenvalue weighted by atomic mass is 79.9. The maximum absolute atomic E-state index is 12.7. The molecule has 1 heterocycles. The van der Waals surface area contributed by atoms with E-state index in [1.807, 2.05) is 0 Å². The molecule has 1 aromatic carbocycles. The van der Waals surface area contributed by atoms with Crippen LogP contribution in [0, 0.1) is 23.7 Å². The largest absolute Gasteiger partial charge is 0.503 e. The van der Waals surface area contributed by atoms with Crippen LogP contribution in [-0.4, -0.2) is 35.3 Å². The standard InChI is InChI=1S/C18H17BrN2O4/c1-25-13-7-9(6-12(19)16(13)22)8-20-21-17(23)14-10-2-3-11(5-4-10)15(14)18(21)24/h2-3,6-8,10-11,14-15,22H,4-5H2,1H3/b20-8-/t10-,11-,14+,15+/m0/s1. The molecule has 1 saturated heterocycles. The average Bonchev–Trinajstić information content (AvgIpc) is 2.90. The maximum Gasteiger partial charge on any atom is 0.254 e. The smallest absolute Gasteiger partial charge is 0.254 e. The van der Waals surface area contributed by atoms with Gasteiger partial charge in [-0.05, 0) is 58.3 Å². The number of allylic oxidation sites excluding steroid dienone is 2. The number of methoxy groups -OCH3 is 1. The Hall–Kier alpha value is -2.15. The molecule has 1 aliphatic heterocycles. The Balaban J connectivity index is 1.62. The summed E-state index contributed by atoms with van der Waals surface area (Å²) in [6, 6.07) is 3.23. The van der Waals surface area contributed by atoms with Crippen LogP contribution in [-0.2, 0) is 9.59 Å². The fourth-order valence-corrected chi connectivity index (χ4v) is 4.58. The maximum atomic E-state index is 12.7. The number of carbonyl (C=O) groups excluding carboxylic acids is 2. The number of phenolic OH excluding ortho intramolecular Hbond substituents is 1. The summed E-state index contributed by atoms with van der Waals surface area (Å²) in [6.07, 6.45) is 7.52. The van der Waals surface area contributed by atoms with Gasteiger partial charge in [0.25, 0.3) is 11.8 Å². The molecule has 25 heavy (non-hydrogen) atoms. The van der Waals surface area contributed by atoms with E-state index >= 15 is 0 Å². The SMILES string of the molecule is COc1cc(/C=N\N2C(=O)[C@H]3[C@H](C2=O)[C@H]2C=C[C@H]3CC2)cc(Br)c1O. The van der Waals surface area contributed by atoms with Gasteiger partial charge in [-0.1, -0.05) is 12.2 Å². The second-order valence-electron chi connectivity index (χ2n) is 6.63. The number of hydrogen-bond acceptors (Lipinski definition) is 5. The van der Waals surface area contributed by atoms with E-state index in [0.29, 0.717) is 10.0 Å². The van der Waals surface area contributed by atoms with E-state index in [9.17, 15) is 14.7 Å². The quantitative estimate of drug-likeness (QED) is 0.477. The fourth-order valence-electron chi connectivity index (χ4n) is 4.12. The number of halogens is 1. The highest BCUT2D eigenvalue weighted by molar-refractivity contribution is 9.10. The molecule has 5 rings (SSSR count). The van der Waals surface area contributed by atoms with E-state index in [2.05, 4.69) is 33.2 Å². The zero-order valence-corrected chi connectivity index (χ0v) is 15.1. The van der Waals surface area contributed by atoms with E-state index in [0.717, 1.165) is 17.9 Å². The van der Waals surface area contributed by atoms with Crippen LogP contribution in [0.4, 0.5) is 0 Å². The number of benzene rings is 1. The fraction of sp³-hybridized carbons (Fsp3) is 0.389. The molecule has 6 nitrogen and oxygen atoms in total. The number of carbonyl (C=O) groups is 2. The summed E-state index contributed by atoms with van der Waals surface area (Å²) in [6.45, 7) is 0. The number of nitrogens with zero attached hydrogens (tertiary/aromatic N) is 2. The second-order valence-corrected chi connectivity index (χ2v) is 7.48. The predicted octanol–water partition coefficient (Wildman–Crippen LogP) is 2.69. The van der Waals surface area contributed by atoms with Crippen molar-refractivity contribution in [3.63, 3.8) is 0 Å². The predicted molar refractivity (Wildman–Crippen MR) is 94.1 cm³/mol. The minimum atomic E-state index is -0.269. The number of hydrazone groups is 1. The molecule has 4 aliphatic rings. The first kappa shape index (κ1) is 16.3. The lowest BCUT2D eigenvalue weighted by Gasteiger charge is -2.37. The van der Waals surface area contributed by atoms with Gasteiger partial charge < -0.3 is 9.84 Å². The van der Waals surface area contributed by atoms with Crippen LogP contribution < -0.4 is 4.74 Å². The molecule has 1 aromatic rings. The van der Waals surface area contributed by atoms with Gasteiger partial charge in [0.05, 0.1) is 29.6 Å². The monoisotopic (exact) mass is 404 g/mol. The van der Waals surface area contributed by atoms with Crippen LogP contribution in [0.1, 0.15) is 18.4 Å². The number of ether oxygens (including phenoxy) is 1. The second kappa shape index (κ2) is 5.98. The molecule has 0 spiro atoms. The van der Waals surface area contributed by atoms with Gasteiger partial charge in [0, 0.05) is 0 Å². The van der Waals surface area contributed by atoms with Crippen LogP contribution in [0.2, 0.25) is 0 Å². The lowest BCUT2D eigenvalue weighted by atomic mass is 9.63. The Labute approximate surface area is 153 Å². The van der Waals surface area contributed by atoms with E-state index in [4.69, 9.17) is 4.74 Å². The zero-order valence-electron chi connectivity index (χ0n) is 13.6. The summed E-state index contributed by atoms with van der Waals surface area (Å²) in [5.74, 6) is -0.397. The minimum Gasteiger partial charge on any atom is -0.503 e. The first-order valence-electron chi connectivity index (χ1n) is 8.18. The van der Waals surface area contributed by atoms with Gasteiger partial charge in [-0.3, -0.25) is 9.59 Å². The first-order chi connectivity index (χ1) is 12.0. The molecule has 0 aromatic heterocycles. The number of imide groups is 1. The van der Waals surface area contributed by atoms with Crippen LogP contribution >= 0.6 is 15.9 Å². The molecule has 1 N–H and O–H groups in total. The summed E-state index contributed by atoms with van der Waals surface area (Å²) < 4.78 is 5.54. The van der Waals surface area contributed by atoms with Crippen molar-refractivity contribution in [2.75, 3.05) is 7.11 Å². The summed E-state index contributed by atoms with van der Waals surface area (Å²) >= 11 is 3.24. The molecule has 7 heteroatoms. The van der Waals surface area contributed by atoms with Crippen LogP contribution in [0.5, 0.6) is 11.5 Å². The summed E-state index contributed by atoms with van der Waals surface area (Å²) in [5.41, 5.74) is 0.609. The number of hydrogen-bond donors (Lipinski definition) is 1. The number of rotatable bonds is 3.